The summed E-state index contributed by atoms with van der Waals surface area (Å²) in [5.41, 5.74) is 0. The Morgan fingerprint density at radius 2 is 1.87 bits per heavy atom. The number of alkyl halides is 1. The van der Waals surface area contributed by atoms with E-state index in [1.807, 2.05) is 0 Å². The van der Waals surface area contributed by atoms with Gasteiger partial charge >= 0.3 is 11.9 Å². The molecule has 0 heterocycles. The van der Waals surface area contributed by atoms with Gasteiger partial charge in [-0.25, -0.2) is 9.18 Å². The number of ketones is 1. The smallest absolute Gasteiger partial charge is 0.348 e. The molecule has 86 valence electrons. The molecular formula is C9H13FO5. The highest BCUT2D eigenvalue weighted by molar-refractivity contribution is 6.02. The second kappa shape index (κ2) is 6.92. The molecule has 0 aliphatic carbocycles. The van der Waals surface area contributed by atoms with E-state index in [4.69, 9.17) is 0 Å². The van der Waals surface area contributed by atoms with Crippen LogP contribution in [-0.4, -0.2) is 37.6 Å². The van der Waals surface area contributed by atoms with E-state index in [2.05, 4.69) is 9.47 Å². The molecule has 0 fully saturated rings. The minimum absolute atomic E-state index is 0.00351. The summed E-state index contributed by atoms with van der Waals surface area (Å²) < 4.78 is 21.5. The van der Waals surface area contributed by atoms with Crippen LogP contribution in [0.4, 0.5) is 4.39 Å². The Morgan fingerprint density at radius 3 is 2.33 bits per heavy atom. The fraction of sp³-hybridized carbons (Fsp3) is 0.667. The van der Waals surface area contributed by atoms with Crippen LogP contribution in [0, 0.1) is 0 Å². The molecule has 5 nitrogen and oxygen atoms in total. The zero-order chi connectivity index (χ0) is 11.8. The first kappa shape index (κ1) is 13.5. The third kappa shape index (κ3) is 5.09. The molecule has 1 unspecified atom stereocenters. The maximum Gasteiger partial charge on any atom is 0.348 e. The van der Waals surface area contributed by atoms with Gasteiger partial charge in [-0.2, -0.15) is 0 Å². The van der Waals surface area contributed by atoms with Gasteiger partial charge in [0.15, 0.2) is 5.78 Å². The van der Waals surface area contributed by atoms with E-state index < -0.39 is 23.9 Å². The Balaban J connectivity index is 3.99. The highest BCUT2D eigenvalue weighted by Gasteiger charge is 2.27. The highest BCUT2D eigenvalue weighted by Crippen LogP contribution is 2.03. The minimum atomic E-state index is -2.31. The Labute approximate surface area is 86.5 Å². The minimum Gasteiger partial charge on any atom is -0.469 e. The van der Waals surface area contributed by atoms with E-state index >= 15 is 0 Å². The van der Waals surface area contributed by atoms with E-state index in [-0.39, 0.29) is 19.4 Å². The van der Waals surface area contributed by atoms with Crippen LogP contribution < -0.4 is 0 Å². The van der Waals surface area contributed by atoms with Crippen LogP contribution in [0.1, 0.15) is 19.8 Å². The number of hydrogen-bond acceptors (Lipinski definition) is 5. The van der Waals surface area contributed by atoms with Crippen molar-refractivity contribution in [1.29, 1.82) is 0 Å². The van der Waals surface area contributed by atoms with Crippen molar-refractivity contribution in [3.05, 3.63) is 0 Å². The average molecular weight is 220 g/mol. The topological polar surface area (TPSA) is 69.7 Å². The van der Waals surface area contributed by atoms with Gasteiger partial charge < -0.3 is 9.47 Å². The SMILES string of the molecule is CCOC(=O)C(F)C(=O)CCC(=O)OC. The van der Waals surface area contributed by atoms with E-state index in [0.717, 1.165) is 7.11 Å². The van der Waals surface area contributed by atoms with Crippen molar-refractivity contribution in [2.45, 2.75) is 25.9 Å². The Bertz CT molecular complexity index is 251. The van der Waals surface area contributed by atoms with Crippen LogP contribution in [0.5, 0.6) is 0 Å². The molecule has 0 aliphatic heterocycles. The van der Waals surface area contributed by atoms with E-state index in [0.29, 0.717) is 0 Å². The van der Waals surface area contributed by atoms with Crippen molar-refractivity contribution in [2.75, 3.05) is 13.7 Å². The molecule has 0 amide bonds. The molecule has 0 rings (SSSR count). The lowest BCUT2D eigenvalue weighted by atomic mass is 10.1. The van der Waals surface area contributed by atoms with Crippen molar-refractivity contribution in [3.8, 4) is 0 Å². The number of hydrogen-bond donors (Lipinski definition) is 0. The molecule has 0 aromatic heterocycles. The highest BCUT2D eigenvalue weighted by atomic mass is 19.1. The van der Waals surface area contributed by atoms with Crippen molar-refractivity contribution in [2.24, 2.45) is 0 Å². The fourth-order valence-corrected chi connectivity index (χ4v) is 0.801. The zero-order valence-corrected chi connectivity index (χ0v) is 8.62. The largest absolute Gasteiger partial charge is 0.469 e. The van der Waals surface area contributed by atoms with Gasteiger partial charge in [0.05, 0.1) is 20.1 Å². The summed E-state index contributed by atoms with van der Waals surface area (Å²) in [6.45, 7) is 1.51. The Hall–Kier alpha value is -1.46. The standard InChI is InChI=1S/C9H13FO5/c1-3-15-9(13)8(10)6(11)4-5-7(12)14-2/h8H,3-5H2,1-2H3. The number of methoxy groups -OCH3 is 1. The van der Waals surface area contributed by atoms with Crippen LogP contribution >= 0.6 is 0 Å². The van der Waals surface area contributed by atoms with Gasteiger partial charge in [0.1, 0.15) is 0 Å². The van der Waals surface area contributed by atoms with Crippen molar-refractivity contribution >= 4 is 17.7 Å². The number of rotatable bonds is 6. The second-order valence-electron chi connectivity index (χ2n) is 2.66. The normalized spacial score (nSPS) is 11.7. The third-order valence-corrected chi connectivity index (χ3v) is 1.58. The van der Waals surface area contributed by atoms with Crippen LogP contribution in [0.25, 0.3) is 0 Å². The maximum atomic E-state index is 13.0. The van der Waals surface area contributed by atoms with Crippen molar-refractivity contribution in [3.63, 3.8) is 0 Å². The molecule has 0 spiro atoms. The van der Waals surface area contributed by atoms with Crippen LogP contribution in [0.3, 0.4) is 0 Å². The monoisotopic (exact) mass is 220 g/mol. The molecule has 0 saturated carbocycles. The number of halogens is 1. The summed E-state index contributed by atoms with van der Waals surface area (Å²) in [5, 5.41) is 0. The quantitative estimate of drug-likeness (QED) is 0.479. The molecule has 0 radical (unpaired) electrons. The maximum absolute atomic E-state index is 13.0. The van der Waals surface area contributed by atoms with Gasteiger partial charge in [-0.15, -0.1) is 0 Å². The molecule has 0 bridgehead atoms. The lowest BCUT2D eigenvalue weighted by Gasteiger charge is -2.05. The van der Waals surface area contributed by atoms with Gasteiger partial charge in [0.25, 0.3) is 6.17 Å². The average Bonchev–Trinajstić information content (AvgIpc) is 2.24. The van der Waals surface area contributed by atoms with E-state index in [1.165, 1.54) is 6.92 Å². The lowest BCUT2D eigenvalue weighted by molar-refractivity contribution is -0.153. The number of ether oxygens (including phenoxy) is 2. The molecule has 0 aromatic rings. The number of Topliss-reactive ketones (excluding diaryl/α,β-unsaturated/α-hetero) is 1. The summed E-state index contributed by atoms with van der Waals surface area (Å²) in [7, 11) is 1.16. The zero-order valence-electron chi connectivity index (χ0n) is 8.62. The molecule has 0 aliphatic rings. The van der Waals surface area contributed by atoms with Crippen LogP contribution in [0.15, 0.2) is 0 Å². The predicted molar refractivity (Wildman–Crippen MR) is 47.8 cm³/mol. The van der Waals surface area contributed by atoms with Crippen LogP contribution in [-0.2, 0) is 23.9 Å². The van der Waals surface area contributed by atoms with Crippen molar-refractivity contribution < 1.29 is 28.2 Å². The van der Waals surface area contributed by atoms with Gasteiger partial charge in [0, 0.05) is 6.42 Å². The first-order valence-electron chi connectivity index (χ1n) is 4.43. The molecule has 6 heteroatoms. The van der Waals surface area contributed by atoms with E-state index in [1.54, 1.807) is 0 Å². The first-order chi connectivity index (χ1) is 7.02. The second-order valence-corrected chi connectivity index (χ2v) is 2.66. The summed E-state index contributed by atoms with van der Waals surface area (Å²) >= 11 is 0. The molecule has 1 atom stereocenters. The predicted octanol–water partition coefficient (Wildman–Crippen LogP) is 0.410. The number of carbonyl (C=O) groups excluding carboxylic acids is 3. The lowest BCUT2D eigenvalue weighted by Crippen LogP contribution is -2.28. The molecule has 15 heavy (non-hydrogen) atoms. The molecule has 0 aromatic carbocycles. The molecule has 0 N–H and O–H groups in total. The summed E-state index contributed by atoms with van der Waals surface area (Å²) in [6, 6.07) is 0. The van der Waals surface area contributed by atoms with Gasteiger partial charge in [0.2, 0.25) is 0 Å². The summed E-state index contributed by atoms with van der Waals surface area (Å²) in [4.78, 5) is 32.4. The van der Waals surface area contributed by atoms with E-state index in [9.17, 15) is 18.8 Å². The Kier molecular flexibility index (Phi) is 6.24. The molecule has 0 saturated heterocycles. The molecular weight excluding hydrogens is 207 g/mol. The van der Waals surface area contributed by atoms with Gasteiger partial charge in [-0.3, -0.25) is 9.59 Å². The summed E-state index contributed by atoms with van der Waals surface area (Å²) in [5.74, 6) is -2.81. The fourth-order valence-electron chi connectivity index (χ4n) is 0.801. The third-order valence-electron chi connectivity index (χ3n) is 1.58. The Morgan fingerprint density at radius 1 is 1.27 bits per heavy atom. The van der Waals surface area contributed by atoms with Gasteiger partial charge in [-0.1, -0.05) is 0 Å². The number of carbonyl (C=O) groups is 3. The first-order valence-corrected chi connectivity index (χ1v) is 4.43. The van der Waals surface area contributed by atoms with Crippen LogP contribution in [0.2, 0.25) is 0 Å². The van der Waals surface area contributed by atoms with Gasteiger partial charge in [-0.05, 0) is 6.92 Å². The summed E-state index contributed by atoms with van der Waals surface area (Å²) in [6.07, 6.45) is -2.92. The van der Waals surface area contributed by atoms with Crippen molar-refractivity contribution in [1.82, 2.24) is 0 Å². The number of esters is 2.